The Morgan fingerprint density at radius 3 is 2.47 bits per heavy atom. The van der Waals surface area contributed by atoms with E-state index in [1.807, 2.05) is 42.3 Å². The fourth-order valence-electron chi connectivity index (χ4n) is 1.18. The van der Waals surface area contributed by atoms with Crippen molar-refractivity contribution in [3.63, 3.8) is 0 Å². The first-order valence-corrected chi connectivity index (χ1v) is 5.58. The predicted octanol–water partition coefficient (Wildman–Crippen LogP) is 2.65. The number of anilines is 1. The molecule has 1 rings (SSSR count). The number of rotatable bonds is 3. The van der Waals surface area contributed by atoms with E-state index in [9.17, 15) is 0 Å². The molecule has 3 heteroatoms. The summed E-state index contributed by atoms with van der Waals surface area (Å²) < 4.78 is 0. The summed E-state index contributed by atoms with van der Waals surface area (Å²) in [4.78, 5) is 1.98. The number of benzene rings is 1. The van der Waals surface area contributed by atoms with Crippen LogP contribution in [-0.2, 0) is 0 Å². The smallest absolute Gasteiger partial charge is 0.173 e. The Kier molecular flexibility index (Phi) is 4.56. The van der Waals surface area contributed by atoms with Crippen LogP contribution in [0.25, 0.3) is 0 Å². The van der Waals surface area contributed by atoms with Crippen LogP contribution in [0.1, 0.15) is 13.8 Å². The van der Waals surface area contributed by atoms with E-state index in [2.05, 4.69) is 19.2 Å². The van der Waals surface area contributed by atoms with Crippen LogP contribution < -0.4 is 10.2 Å². The molecule has 2 nitrogen and oxygen atoms in total. The summed E-state index contributed by atoms with van der Waals surface area (Å²) >= 11 is 5.29. The van der Waals surface area contributed by atoms with Gasteiger partial charge in [0.2, 0.25) is 0 Å². The average Bonchev–Trinajstić information content (AvgIpc) is 2.26. The van der Waals surface area contributed by atoms with Gasteiger partial charge in [0.25, 0.3) is 0 Å². The van der Waals surface area contributed by atoms with Crippen LogP contribution in [0.5, 0.6) is 0 Å². The molecule has 1 N–H and O–H groups in total. The minimum Gasteiger partial charge on any atom is -0.362 e. The first-order chi connectivity index (χ1) is 7.11. The van der Waals surface area contributed by atoms with Crippen LogP contribution in [0.15, 0.2) is 30.3 Å². The van der Waals surface area contributed by atoms with Crippen molar-refractivity contribution in [1.82, 2.24) is 5.32 Å². The molecule has 0 bridgehead atoms. The minimum absolute atomic E-state index is 0.604. The van der Waals surface area contributed by atoms with E-state index >= 15 is 0 Å². The van der Waals surface area contributed by atoms with E-state index in [-0.39, 0.29) is 0 Å². The molecule has 0 unspecified atom stereocenters. The molecule has 0 atom stereocenters. The fourth-order valence-corrected chi connectivity index (χ4v) is 1.37. The lowest BCUT2D eigenvalue weighted by Crippen LogP contribution is -2.38. The molecule has 82 valence electrons. The molecule has 0 spiro atoms. The van der Waals surface area contributed by atoms with Gasteiger partial charge in [-0.1, -0.05) is 32.0 Å². The van der Waals surface area contributed by atoms with Crippen molar-refractivity contribution in [3.8, 4) is 0 Å². The maximum absolute atomic E-state index is 5.29. The normalized spacial score (nSPS) is 10.1. The van der Waals surface area contributed by atoms with Gasteiger partial charge in [0, 0.05) is 19.3 Å². The Morgan fingerprint density at radius 1 is 1.33 bits per heavy atom. The zero-order valence-corrected chi connectivity index (χ0v) is 10.3. The molecule has 0 heterocycles. The highest BCUT2D eigenvalue weighted by molar-refractivity contribution is 7.80. The van der Waals surface area contributed by atoms with Gasteiger partial charge in [-0.15, -0.1) is 0 Å². The molecule has 0 aliphatic heterocycles. The van der Waals surface area contributed by atoms with Gasteiger partial charge in [-0.25, -0.2) is 0 Å². The van der Waals surface area contributed by atoms with Gasteiger partial charge in [0.15, 0.2) is 5.11 Å². The molecule has 0 aromatic heterocycles. The highest BCUT2D eigenvalue weighted by Crippen LogP contribution is 2.10. The maximum atomic E-state index is 5.29. The first kappa shape index (κ1) is 12.0. The quantitative estimate of drug-likeness (QED) is 0.792. The Bertz CT molecular complexity index is 309. The number of thiocarbonyl (C=S) groups is 1. The Morgan fingerprint density at radius 2 is 1.93 bits per heavy atom. The zero-order chi connectivity index (χ0) is 11.3. The van der Waals surface area contributed by atoms with Crippen LogP contribution in [0, 0.1) is 5.92 Å². The highest BCUT2D eigenvalue weighted by Gasteiger charge is 2.05. The Balaban J connectivity index is 2.54. The third-order valence-electron chi connectivity index (χ3n) is 2.11. The second kappa shape index (κ2) is 5.71. The lowest BCUT2D eigenvalue weighted by Gasteiger charge is -2.21. The molecule has 0 amide bonds. The van der Waals surface area contributed by atoms with E-state index < -0.39 is 0 Å². The third kappa shape index (κ3) is 3.88. The average molecular weight is 222 g/mol. The Hall–Kier alpha value is -1.09. The molecule has 0 saturated heterocycles. The van der Waals surface area contributed by atoms with Crippen molar-refractivity contribution < 1.29 is 0 Å². The van der Waals surface area contributed by atoms with Crippen molar-refractivity contribution >= 4 is 23.0 Å². The summed E-state index contributed by atoms with van der Waals surface area (Å²) in [6.07, 6.45) is 0. The molecular weight excluding hydrogens is 204 g/mol. The van der Waals surface area contributed by atoms with E-state index in [4.69, 9.17) is 12.2 Å². The van der Waals surface area contributed by atoms with Gasteiger partial charge in [0.1, 0.15) is 0 Å². The van der Waals surface area contributed by atoms with Crippen LogP contribution in [0.3, 0.4) is 0 Å². The van der Waals surface area contributed by atoms with Gasteiger partial charge in [-0.05, 0) is 30.3 Å². The molecular formula is C12H18N2S. The van der Waals surface area contributed by atoms with Gasteiger partial charge < -0.3 is 10.2 Å². The molecule has 0 radical (unpaired) electrons. The number of hydrogen-bond donors (Lipinski definition) is 1. The topological polar surface area (TPSA) is 15.3 Å². The van der Waals surface area contributed by atoms with Crippen LogP contribution in [0.4, 0.5) is 5.69 Å². The number of nitrogens with one attached hydrogen (secondary N) is 1. The van der Waals surface area contributed by atoms with Crippen molar-refractivity contribution in [1.29, 1.82) is 0 Å². The number of nitrogens with zero attached hydrogens (tertiary/aromatic N) is 1. The lowest BCUT2D eigenvalue weighted by atomic mass is 10.2. The highest BCUT2D eigenvalue weighted by atomic mass is 32.1. The first-order valence-electron chi connectivity index (χ1n) is 5.18. The van der Waals surface area contributed by atoms with Crippen molar-refractivity contribution in [2.24, 2.45) is 5.92 Å². The molecule has 1 aromatic carbocycles. The summed E-state index contributed by atoms with van der Waals surface area (Å²) in [5.74, 6) is 0.604. The standard InChI is InChI=1S/C12H18N2S/c1-10(2)9-13-12(15)14(3)11-7-5-4-6-8-11/h4-8,10H,9H2,1-3H3,(H,13,15). The van der Waals surface area contributed by atoms with E-state index in [0.29, 0.717) is 5.92 Å². The van der Waals surface area contributed by atoms with Crippen molar-refractivity contribution in [3.05, 3.63) is 30.3 Å². The van der Waals surface area contributed by atoms with Gasteiger partial charge in [-0.3, -0.25) is 0 Å². The van der Waals surface area contributed by atoms with Crippen molar-refractivity contribution in [2.45, 2.75) is 13.8 Å². The molecule has 0 aliphatic carbocycles. The SMILES string of the molecule is CC(C)CNC(=S)N(C)c1ccccc1. The van der Waals surface area contributed by atoms with E-state index in [0.717, 1.165) is 17.3 Å². The summed E-state index contributed by atoms with van der Waals surface area (Å²) in [7, 11) is 1.98. The Labute approximate surface area is 97.3 Å². The molecule has 15 heavy (non-hydrogen) atoms. The lowest BCUT2D eigenvalue weighted by molar-refractivity contribution is 0.625. The molecule has 1 aromatic rings. The summed E-state index contributed by atoms with van der Waals surface area (Å²) in [5.41, 5.74) is 1.11. The monoisotopic (exact) mass is 222 g/mol. The molecule has 0 saturated carbocycles. The molecule has 0 fully saturated rings. The predicted molar refractivity (Wildman–Crippen MR) is 70.3 cm³/mol. The van der Waals surface area contributed by atoms with Crippen molar-refractivity contribution in [2.75, 3.05) is 18.5 Å². The second-order valence-corrected chi connectivity index (χ2v) is 4.36. The second-order valence-electron chi connectivity index (χ2n) is 3.97. The number of para-hydroxylation sites is 1. The van der Waals surface area contributed by atoms with E-state index in [1.165, 1.54) is 0 Å². The summed E-state index contributed by atoms with van der Waals surface area (Å²) in [6, 6.07) is 10.1. The van der Waals surface area contributed by atoms with Gasteiger partial charge in [-0.2, -0.15) is 0 Å². The summed E-state index contributed by atoms with van der Waals surface area (Å²) in [6.45, 7) is 5.24. The van der Waals surface area contributed by atoms with E-state index in [1.54, 1.807) is 0 Å². The van der Waals surface area contributed by atoms with Gasteiger partial charge in [0.05, 0.1) is 0 Å². The van der Waals surface area contributed by atoms with Crippen LogP contribution in [-0.4, -0.2) is 18.7 Å². The third-order valence-corrected chi connectivity index (χ3v) is 2.53. The van der Waals surface area contributed by atoms with Crippen LogP contribution in [0.2, 0.25) is 0 Å². The van der Waals surface area contributed by atoms with Gasteiger partial charge >= 0.3 is 0 Å². The summed E-state index contributed by atoms with van der Waals surface area (Å²) in [5, 5.41) is 4.01. The van der Waals surface area contributed by atoms with Crippen LogP contribution >= 0.6 is 12.2 Å². The fraction of sp³-hybridized carbons (Fsp3) is 0.417. The number of hydrogen-bond acceptors (Lipinski definition) is 1. The molecule has 0 aliphatic rings. The largest absolute Gasteiger partial charge is 0.362 e. The minimum atomic E-state index is 0.604. The zero-order valence-electron chi connectivity index (χ0n) is 9.53. The maximum Gasteiger partial charge on any atom is 0.173 e.